The highest BCUT2D eigenvalue weighted by Crippen LogP contribution is 2.17. The SMILES string of the molecule is CCOc1ccc(C(=O)Nn2cnc3c(cnn3-c3ccc(C)c(C)c3)c2=O)cc1. The molecule has 0 radical (unpaired) electrons. The molecule has 2 heterocycles. The molecule has 0 aliphatic rings. The van der Waals surface area contributed by atoms with Gasteiger partial charge < -0.3 is 4.74 Å². The molecular weight excluding hydrogens is 382 g/mol. The van der Waals surface area contributed by atoms with Crippen LogP contribution in [0.2, 0.25) is 0 Å². The van der Waals surface area contributed by atoms with Gasteiger partial charge in [-0.15, -0.1) is 0 Å². The average molecular weight is 403 g/mol. The van der Waals surface area contributed by atoms with Crippen molar-refractivity contribution < 1.29 is 9.53 Å². The predicted octanol–water partition coefficient (Wildman–Crippen LogP) is 2.98. The van der Waals surface area contributed by atoms with E-state index in [9.17, 15) is 9.59 Å². The van der Waals surface area contributed by atoms with E-state index >= 15 is 0 Å². The van der Waals surface area contributed by atoms with Crippen molar-refractivity contribution in [2.24, 2.45) is 0 Å². The summed E-state index contributed by atoms with van der Waals surface area (Å²) < 4.78 is 8.05. The zero-order chi connectivity index (χ0) is 21.3. The number of carbonyl (C=O) groups is 1. The van der Waals surface area contributed by atoms with Crippen molar-refractivity contribution in [3.05, 3.63) is 82.0 Å². The molecule has 0 atom stereocenters. The molecule has 0 spiro atoms. The molecule has 0 aliphatic carbocycles. The first kappa shape index (κ1) is 19.4. The number of carbonyl (C=O) groups excluding carboxylic acids is 1. The number of nitrogens with one attached hydrogen (secondary N) is 1. The quantitative estimate of drug-likeness (QED) is 0.553. The van der Waals surface area contributed by atoms with Gasteiger partial charge in [0.05, 0.1) is 18.5 Å². The van der Waals surface area contributed by atoms with E-state index in [0.717, 1.165) is 15.9 Å². The van der Waals surface area contributed by atoms with E-state index in [1.165, 1.54) is 18.1 Å². The smallest absolute Gasteiger partial charge is 0.283 e. The molecule has 2 aromatic carbocycles. The van der Waals surface area contributed by atoms with Crippen molar-refractivity contribution in [3.63, 3.8) is 0 Å². The Morgan fingerprint density at radius 2 is 1.87 bits per heavy atom. The molecule has 0 aliphatic heterocycles. The topological polar surface area (TPSA) is 91.0 Å². The lowest BCUT2D eigenvalue weighted by Gasteiger charge is -2.09. The second-order valence-electron chi connectivity index (χ2n) is 6.88. The molecule has 2 aromatic heterocycles. The average Bonchev–Trinajstić information content (AvgIpc) is 3.18. The second kappa shape index (κ2) is 7.82. The molecule has 0 fully saturated rings. The molecule has 30 heavy (non-hydrogen) atoms. The maximum atomic E-state index is 12.8. The van der Waals surface area contributed by atoms with Crippen molar-refractivity contribution in [2.45, 2.75) is 20.8 Å². The van der Waals surface area contributed by atoms with Crippen LogP contribution in [0.25, 0.3) is 16.7 Å². The van der Waals surface area contributed by atoms with Gasteiger partial charge in [-0.05, 0) is 68.3 Å². The Labute approximate surface area is 172 Å². The number of nitrogens with zero attached hydrogens (tertiary/aromatic N) is 4. The van der Waals surface area contributed by atoms with Gasteiger partial charge in [-0.2, -0.15) is 5.10 Å². The molecule has 152 valence electrons. The normalized spacial score (nSPS) is 10.9. The second-order valence-corrected chi connectivity index (χ2v) is 6.88. The Morgan fingerprint density at radius 3 is 2.57 bits per heavy atom. The lowest BCUT2D eigenvalue weighted by atomic mass is 10.1. The molecule has 0 saturated heterocycles. The zero-order valence-corrected chi connectivity index (χ0v) is 16.9. The molecule has 0 unspecified atom stereocenters. The van der Waals surface area contributed by atoms with Gasteiger partial charge in [0.1, 0.15) is 17.5 Å². The van der Waals surface area contributed by atoms with Crippen LogP contribution in [0.3, 0.4) is 0 Å². The Bertz CT molecular complexity index is 1290. The maximum absolute atomic E-state index is 12.8. The van der Waals surface area contributed by atoms with Crippen molar-refractivity contribution >= 4 is 16.9 Å². The van der Waals surface area contributed by atoms with E-state index < -0.39 is 11.5 Å². The summed E-state index contributed by atoms with van der Waals surface area (Å²) >= 11 is 0. The zero-order valence-electron chi connectivity index (χ0n) is 16.9. The first-order valence-corrected chi connectivity index (χ1v) is 9.55. The highest BCUT2D eigenvalue weighted by Gasteiger charge is 2.14. The van der Waals surface area contributed by atoms with Gasteiger partial charge in [0, 0.05) is 5.56 Å². The largest absolute Gasteiger partial charge is 0.494 e. The summed E-state index contributed by atoms with van der Waals surface area (Å²) in [5.74, 6) is 0.246. The van der Waals surface area contributed by atoms with Crippen molar-refractivity contribution in [1.82, 2.24) is 19.4 Å². The van der Waals surface area contributed by atoms with Crippen LogP contribution in [0.4, 0.5) is 0 Å². The number of benzene rings is 2. The Morgan fingerprint density at radius 1 is 1.10 bits per heavy atom. The van der Waals surface area contributed by atoms with Gasteiger partial charge >= 0.3 is 0 Å². The molecule has 8 heteroatoms. The van der Waals surface area contributed by atoms with Gasteiger partial charge in [-0.1, -0.05) is 6.07 Å². The Kier molecular flexibility index (Phi) is 5.05. The minimum atomic E-state index is -0.428. The molecule has 1 amide bonds. The van der Waals surface area contributed by atoms with E-state index in [1.807, 2.05) is 39.0 Å². The Balaban J connectivity index is 1.63. The summed E-state index contributed by atoms with van der Waals surface area (Å²) in [4.78, 5) is 29.7. The van der Waals surface area contributed by atoms with Crippen LogP contribution in [-0.4, -0.2) is 32.0 Å². The first-order chi connectivity index (χ1) is 14.5. The van der Waals surface area contributed by atoms with Crippen molar-refractivity contribution in [3.8, 4) is 11.4 Å². The molecule has 4 rings (SSSR count). The van der Waals surface area contributed by atoms with Gasteiger partial charge in [0.25, 0.3) is 11.5 Å². The van der Waals surface area contributed by atoms with Crippen LogP contribution in [0.5, 0.6) is 5.75 Å². The number of amides is 1. The third kappa shape index (κ3) is 3.55. The van der Waals surface area contributed by atoms with E-state index in [1.54, 1.807) is 28.9 Å². The summed E-state index contributed by atoms with van der Waals surface area (Å²) in [6, 6.07) is 12.6. The standard InChI is InChI=1S/C22H21N5O3/c1-4-30-18-9-6-16(7-10-18)21(28)25-26-13-23-20-19(22(26)29)12-24-27(20)17-8-5-14(2)15(3)11-17/h5-13H,4H2,1-3H3,(H,25,28). The Hall–Kier alpha value is -3.94. The molecule has 1 N–H and O–H groups in total. The molecule has 0 saturated carbocycles. The fourth-order valence-corrected chi connectivity index (χ4v) is 3.08. The van der Waals surface area contributed by atoms with Crippen LogP contribution in [-0.2, 0) is 0 Å². The number of aryl methyl sites for hydroxylation is 2. The van der Waals surface area contributed by atoms with Gasteiger partial charge in [0.15, 0.2) is 5.65 Å². The monoisotopic (exact) mass is 403 g/mol. The number of ether oxygens (including phenoxy) is 1. The summed E-state index contributed by atoms with van der Waals surface area (Å²) in [6.07, 6.45) is 2.75. The first-order valence-electron chi connectivity index (χ1n) is 9.55. The van der Waals surface area contributed by atoms with Crippen LogP contribution in [0, 0.1) is 13.8 Å². The molecule has 8 nitrogen and oxygen atoms in total. The summed E-state index contributed by atoms with van der Waals surface area (Å²) in [5.41, 5.74) is 6.08. The van der Waals surface area contributed by atoms with Gasteiger partial charge in [0.2, 0.25) is 0 Å². The highest BCUT2D eigenvalue weighted by atomic mass is 16.5. The minimum Gasteiger partial charge on any atom is -0.494 e. The minimum absolute atomic E-state index is 0.308. The van der Waals surface area contributed by atoms with Crippen LogP contribution >= 0.6 is 0 Å². The maximum Gasteiger partial charge on any atom is 0.283 e. The molecule has 0 bridgehead atoms. The van der Waals surface area contributed by atoms with E-state index in [0.29, 0.717) is 29.0 Å². The molecule has 4 aromatic rings. The third-order valence-corrected chi connectivity index (χ3v) is 4.87. The summed E-state index contributed by atoms with van der Waals surface area (Å²) in [5, 5.41) is 4.63. The van der Waals surface area contributed by atoms with Crippen molar-refractivity contribution in [2.75, 3.05) is 12.0 Å². The predicted molar refractivity (Wildman–Crippen MR) is 114 cm³/mol. The lowest BCUT2D eigenvalue weighted by Crippen LogP contribution is -2.33. The lowest BCUT2D eigenvalue weighted by molar-refractivity contribution is 0.101. The number of hydrogen-bond donors (Lipinski definition) is 1. The summed E-state index contributed by atoms with van der Waals surface area (Å²) in [7, 11) is 0. The van der Waals surface area contributed by atoms with E-state index in [4.69, 9.17) is 4.74 Å². The van der Waals surface area contributed by atoms with Gasteiger partial charge in [-0.3, -0.25) is 15.0 Å². The fraction of sp³-hybridized carbons (Fsp3) is 0.182. The van der Waals surface area contributed by atoms with Gasteiger partial charge in [-0.25, -0.2) is 14.3 Å². The van der Waals surface area contributed by atoms with Crippen LogP contribution in [0.15, 0.2) is 59.8 Å². The molecular formula is C22H21N5O3. The third-order valence-electron chi connectivity index (χ3n) is 4.87. The van der Waals surface area contributed by atoms with Crippen molar-refractivity contribution in [1.29, 1.82) is 0 Å². The highest BCUT2D eigenvalue weighted by molar-refractivity contribution is 6.00. The number of hydrogen-bond acceptors (Lipinski definition) is 5. The van der Waals surface area contributed by atoms with E-state index in [2.05, 4.69) is 15.5 Å². The summed E-state index contributed by atoms with van der Waals surface area (Å²) in [6.45, 7) is 6.48. The number of rotatable bonds is 5. The number of fused-ring (bicyclic) bond motifs is 1. The van der Waals surface area contributed by atoms with Crippen LogP contribution < -0.4 is 15.7 Å². The van der Waals surface area contributed by atoms with E-state index in [-0.39, 0.29) is 0 Å². The number of aromatic nitrogens is 4. The fourth-order valence-electron chi connectivity index (χ4n) is 3.08. The van der Waals surface area contributed by atoms with Crippen LogP contribution in [0.1, 0.15) is 28.4 Å².